The highest BCUT2D eigenvalue weighted by molar-refractivity contribution is 7.89. The first-order valence-electron chi connectivity index (χ1n) is 12.6. The van der Waals surface area contributed by atoms with Crippen molar-refractivity contribution in [3.63, 3.8) is 0 Å². The second-order valence-electron chi connectivity index (χ2n) is 9.40. The summed E-state index contributed by atoms with van der Waals surface area (Å²) in [5.41, 5.74) is 4.83. The highest BCUT2D eigenvalue weighted by Gasteiger charge is 2.27. The molecule has 0 unspecified atom stereocenters. The van der Waals surface area contributed by atoms with Crippen LogP contribution in [0.15, 0.2) is 78.0 Å². The Bertz CT molecular complexity index is 1480. The van der Waals surface area contributed by atoms with Crippen LogP contribution in [0, 0.1) is 6.92 Å². The molecule has 1 saturated heterocycles. The molecule has 0 amide bonds. The van der Waals surface area contributed by atoms with Gasteiger partial charge in [-0.1, -0.05) is 37.1 Å². The summed E-state index contributed by atoms with van der Waals surface area (Å²) in [6.07, 6.45) is 9.12. The number of aryl methyl sites for hydroxylation is 2. The number of pyridine rings is 2. The number of nitrogens with zero attached hydrogens (tertiary/aromatic N) is 3. The highest BCUT2D eigenvalue weighted by Crippen LogP contribution is 2.28. The predicted molar refractivity (Wildman–Crippen MR) is 141 cm³/mol. The molecule has 0 aliphatic carbocycles. The van der Waals surface area contributed by atoms with Crippen LogP contribution in [0.4, 0.5) is 0 Å². The number of hydrogen-bond donors (Lipinski definition) is 0. The van der Waals surface area contributed by atoms with E-state index in [2.05, 4.69) is 9.38 Å². The van der Waals surface area contributed by atoms with Crippen LogP contribution in [0.2, 0.25) is 0 Å². The van der Waals surface area contributed by atoms with Gasteiger partial charge in [-0.15, -0.1) is 0 Å². The van der Waals surface area contributed by atoms with Gasteiger partial charge in [-0.2, -0.15) is 4.31 Å². The van der Waals surface area contributed by atoms with Gasteiger partial charge in [0.15, 0.2) is 5.78 Å². The second kappa shape index (κ2) is 10.4. The van der Waals surface area contributed by atoms with Crippen LogP contribution >= 0.6 is 0 Å². The van der Waals surface area contributed by atoms with Crippen LogP contribution in [0.25, 0.3) is 5.52 Å². The van der Waals surface area contributed by atoms with Crippen molar-refractivity contribution in [1.82, 2.24) is 13.7 Å². The monoisotopic (exact) mass is 501 g/mol. The summed E-state index contributed by atoms with van der Waals surface area (Å²) >= 11 is 0. The maximum absolute atomic E-state index is 13.8. The zero-order valence-electron chi connectivity index (χ0n) is 20.6. The minimum Gasteiger partial charge on any atom is -0.320 e. The summed E-state index contributed by atoms with van der Waals surface area (Å²) in [6.45, 7) is 3.04. The zero-order valence-corrected chi connectivity index (χ0v) is 21.4. The van der Waals surface area contributed by atoms with Gasteiger partial charge < -0.3 is 4.40 Å². The molecule has 7 heteroatoms. The number of rotatable bonds is 7. The SMILES string of the molecule is Cc1c(C(=O)c2cccc(S(=O)(=O)N3CCCCCC3)c2)c2ccccn2c1CCc1ccccn1. The van der Waals surface area contributed by atoms with Gasteiger partial charge in [0.25, 0.3) is 0 Å². The zero-order chi connectivity index (χ0) is 25.1. The Balaban J connectivity index is 1.50. The fourth-order valence-electron chi connectivity index (χ4n) is 5.16. The van der Waals surface area contributed by atoms with Crippen LogP contribution in [-0.4, -0.2) is 41.0 Å². The van der Waals surface area contributed by atoms with E-state index in [9.17, 15) is 13.2 Å². The first-order chi connectivity index (χ1) is 17.5. The van der Waals surface area contributed by atoms with Crippen molar-refractivity contribution in [3.05, 3.63) is 101 Å². The van der Waals surface area contributed by atoms with Gasteiger partial charge in [0, 0.05) is 42.4 Å². The quantitative estimate of drug-likeness (QED) is 0.325. The highest BCUT2D eigenvalue weighted by atomic mass is 32.2. The molecule has 1 fully saturated rings. The first-order valence-corrected chi connectivity index (χ1v) is 14.0. The molecular formula is C29H31N3O3S. The van der Waals surface area contributed by atoms with Gasteiger partial charge >= 0.3 is 0 Å². The van der Waals surface area contributed by atoms with E-state index in [1.807, 2.05) is 49.5 Å². The number of sulfonamides is 1. The van der Waals surface area contributed by atoms with Crippen LogP contribution in [0.3, 0.4) is 0 Å². The van der Waals surface area contributed by atoms with E-state index in [4.69, 9.17) is 0 Å². The molecule has 0 atom stereocenters. The largest absolute Gasteiger partial charge is 0.320 e. The Hall–Kier alpha value is -3.29. The minimum absolute atomic E-state index is 0.159. The number of carbonyl (C=O) groups is 1. The molecule has 0 radical (unpaired) electrons. The Morgan fingerprint density at radius 2 is 1.69 bits per heavy atom. The molecule has 5 rings (SSSR count). The molecule has 1 aromatic carbocycles. The number of benzene rings is 1. The Morgan fingerprint density at radius 1 is 0.917 bits per heavy atom. The molecule has 1 aliphatic heterocycles. The minimum atomic E-state index is -3.64. The lowest BCUT2D eigenvalue weighted by Crippen LogP contribution is -2.32. The third kappa shape index (κ3) is 4.73. The molecule has 3 aromatic heterocycles. The maximum atomic E-state index is 13.8. The fourth-order valence-corrected chi connectivity index (χ4v) is 6.72. The Kier molecular flexibility index (Phi) is 7.03. The summed E-state index contributed by atoms with van der Waals surface area (Å²) in [7, 11) is -3.64. The lowest BCUT2D eigenvalue weighted by Gasteiger charge is -2.20. The van der Waals surface area contributed by atoms with E-state index < -0.39 is 10.0 Å². The standard InChI is InChI=1S/C29H31N3O3S/c1-22-26(16-15-24-12-4-6-17-30-24)32-20-9-5-14-27(32)28(22)29(33)23-11-10-13-25(21-23)36(34,35)31-18-7-2-3-8-19-31/h4-6,9-14,17,20-21H,2-3,7-8,15-16,18-19H2,1H3. The maximum Gasteiger partial charge on any atom is 0.243 e. The van der Waals surface area contributed by atoms with E-state index >= 15 is 0 Å². The molecule has 0 spiro atoms. The number of carbonyl (C=O) groups excluding carboxylic acids is 1. The Morgan fingerprint density at radius 3 is 2.44 bits per heavy atom. The van der Waals surface area contributed by atoms with E-state index in [1.165, 1.54) is 0 Å². The lowest BCUT2D eigenvalue weighted by molar-refractivity contribution is 0.103. The molecule has 0 bridgehead atoms. The molecule has 1 aliphatic rings. The third-order valence-electron chi connectivity index (χ3n) is 7.08. The van der Waals surface area contributed by atoms with Crippen LogP contribution < -0.4 is 0 Å². The van der Waals surface area contributed by atoms with Crippen molar-refractivity contribution in [1.29, 1.82) is 0 Å². The van der Waals surface area contributed by atoms with E-state index in [0.717, 1.165) is 61.0 Å². The molecule has 186 valence electrons. The molecule has 6 nitrogen and oxygen atoms in total. The van der Waals surface area contributed by atoms with Crippen LogP contribution in [0.5, 0.6) is 0 Å². The van der Waals surface area contributed by atoms with Gasteiger partial charge in [-0.25, -0.2) is 8.42 Å². The van der Waals surface area contributed by atoms with Crippen LogP contribution in [-0.2, 0) is 22.9 Å². The lowest BCUT2D eigenvalue weighted by atomic mass is 9.99. The van der Waals surface area contributed by atoms with E-state index in [-0.39, 0.29) is 10.7 Å². The average molecular weight is 502 g/mol. The van der Waals surface area contributed by atoms with Crippen molar-refractivity contribution in [2.24, 2.45) is 0 Å². The third-order valence-corrected chi connectivity index (χ3v) is 8.98. The number of aromatic nitrogens is 2. The molecule has 36 heavy (non-hydrogen) atoms. The van der Waals surface area contributed by atoms with E-state index in [1.54, 1.807) is 34.8 Å². The van der Waals surface area contributed by atoms with Crippen LogP contribution in [0.1, 0.15) is 58.6 Å². The summed E-state index contributed by atoms with van der Waals surface area (Å²) in [6, 6.07) is 18.2. The van der Waals surface area contributed by atoms with Crippen molar-refractivity contribution in [2.45, 2.75) is 50.3 Å². The molecule has 4 aromatic rings. The fraction of sp³-hybridized carbons (Fsp3) is 0.310. The summed E-state index contributed by atoms with van der Waals surface area (Å²) < 4.78 is 30.4. The predicted octanol–water partition coefficient (Wildman–Crippen LogP) is 5.22. The van der Waals surface area contributed by atoms with Crippen molar-refractivity contribution < 1.29 is 13.2 Å². The smallest absolute Gasteiger partial charge is 0.243 e. The topological polar surface area (TPSA) is 71.8 Å². The van der Waals surface area contributed by atoms with Gasteiger partial charge in [0.05, 0.1) is 16.0 Å². The molecular weight excluding hydrogens is 470 g/mol. The van der Waals surface area contributed by atoms with Gasteiger partial charge in [-0.3, -0.25) is 9.78 Å². The van der Waals surface area contributed by atoms with E-state index in [0.29, 0.717) is 24.2 Å². The molecule has 0 N–H and O–H groups in total. The first kappa shape index (κ1) is 24.4. The number of hydrogen-bond acceptors (Lipinski definition) is 4. The number of ketones is 1. The molecule has 0 saturated carbocycles. The molecule has 4 heterocycles. The summed E-state index contributed by atoms with van der Waals surface area (Å²) in [5, 5.41) is 0. The van der Waals surface area contributed by atoms with Gasteiger partial charge in [0.2, 0.25) is 10.0 Å². The summed E-state index contributed by atoms with van der Waals surface area (Å²) in [5.74, 6) is -0.159. The second-order valence-corrected chi connectivity index (χ2v) is 11.3. The average Bonchev–Trinajstić information content (AvgIpc) is 3.05. The van der Waals surface area contributed by atoms with Crippen molar-refractivity contribution in [2.75, 3.05) is 13.1 Å². The van der Waals surface area contributed by atoms with Crippen molar-refractivity contribution in [3.8, 4) is 0 Å². The Labute approximate surface area is 212 Å². The normalized spacial score (nSPS) is 15.1. The number of fused-ring (bicyclic) bond motifs is 1. The van der Waals surface area contributed by atoms with Crippen molar-refractivity contribution >= 4 is 21.3 Å². The van der Waals surface area contributed by atoms with Gasteiger partial charge in [-0.05, 0) is 74.6 Å². The van der Waals surface area contributed by atoms with Gasteiger partial charge in [0.1, 0.15) is 0 Å². The summed E-state index contributed by atoms with van der Waals surface area (Å²) in [4.78, 5) is 18.5.